The minimum absolute atomic E-state index is 0.00893. The molecule has 0 radical (unpaired) electrons. The van der Waals surface area contributed by atoms with Crippen molar-refractivity contribution in [2.75, 3.05) is 39.0 Å². The fraction of sp³-hybridized carbons (Fsp3) is 0.625. The van der Waals surface area contributed by atoms with Gasteiger partial charge in [-0.25, -0.2) is 4.98 Å². The number of aromatic nitrogens is 1. The molecule has 1 atom stereocenters. The third-order valence-corrected chi connectivity index (χ3v) is 4.00. The van der Waals surface area contributed by atoms with Gasteiger partial charge in [-0.15, -0.1) is 0 Å². The number of nitrogens with one attached hydrogen (secondary N) is 2. The summed E-state index contributed by atoms with van der Waals surface area (Å²) < 4.78 is 0. The highest BCUT2D eigenvalue weighted by Crippen LogP contribution is 2.18. The Balaban J connectivity index is 2.02. The summed E-state index contributed by atoms with van der Waals surface area (Å²) in [6, 6.07) is 3.70. The number of carbonyl (C=O) groups is 1. The van der Waals surface area contributed by atoms with E-state index in [1.807, 2.05) is 19.2 Å². The van der Waals surface area contributed by atoms with Crippen LogP contribution < -0.4 is 10.6 Å². The molecule has 1 unspecified atom stereocenters. The van der Waals surface area contributed by atoms with E-state index in [0.717, 1.165) is 37.6 Å². The van der Waals surface area contributed by atoms with Crippen molar-refractivity contribution < 1.29 is 4.79 Å². The molecule has 0 bridgehead atoms. The first-order valence-corrected chi connectivity index (χ1v) is 7.66. The molecule has 1 aliphatic heterocycles. The van der Waals surface area contributed by atoms with Crippen LogP contribution in [0.25, 0.3) is 0 Å². The Morgan fingerprint density at radius 3 is 2.81 bits per heavy atom. The molecule has 0 aliphatic carbocycles. The number of anilines is 1. The number of nitrogens with zero attached hydrogens (tertiary/aromatic N) is 2. The molecule has 0 aromatic carbocycles. The smallest absolute Gasteiger partial charge is 0.251 e. The lowest BCUT2D eigenvalue weighted by Crippen LogP contribution is -2.30. The molecule has 21 heavy (non-hydrogen) atoms. The zero-order chi connectivity index (χ0) is 15.4. The van der Waals surface area contributed by atoms with Gasteiger partial charge in [-0.1, -0.05) is 13.8 Å². The molecule has 116 valence electrons. The van der Waals surface area contributed by atoms with Crippen molar-refractivity contribution >= 4 is 11.7 Å². The van der Waals surface area contributed by atoms with Crippen LogP contribution in [0.2, 0.25) is 0 Å². The van der Waals surface area contributed by atoms with Crippen molar-refractivity contribution in [2.45, 2.75) is 26.2 Å². The number of amides is 1. The highest BCUT2D eigenvalue weighted by atomic mass is 16.1. The summed E-state index contributed by atoms with van der Waals surface area (Å²) in [4.78, 5) is 19.1. The van der Waals surface area contributed by atoms with Gasteiger partial charge in [-0.2, -0.15) is 0 Å². The van der Waals surface area contributed by atoms with Gasteiger partial charge in [0.1, 0.15) is 5.82 Å². The third-order valence-electron chi connectivity index (χ3n) is 4.00. The van der Waals surface area contributed by atoms with E-state index in [4.69, 9.17) is 0 Å². The number of pyridine rings is 1. The Morgan fingerprint density at radius 1 is 1.48 bits per heavy atom. The molecule has 1 fully saturated rings. The summed E-state index contributed by atoms with van der Waals surface area (Å²) >= 11 is 0. The standard InChI is InChI=1S/C16H26N4O/c1-11(2)14-7-13(8-15(17-3)19-14)16(21)18-9-12-5-6-20(4)10-12/h7-8,11-12H,5-6,9-10H2,1-4H3,(H,17,19)(H,18,21). The van der Waals surface area contributed by atoms with Crippen LogP contribution in [-0.4, -0.2) is 49.5 Å². The Labute approximate surface area is 127 Å². The fourth-order valence-corrected chi connectivity index (χ4v) is 2.64. The molecular weight excluding hydrogens is 264 g/mol. The van der Waals surface area contributed by atoms with Crippen LogP contribution in [0.4, 0.5) is 5.82 Å². The first-order valence-electron chi connectivity index (χ1n) is 7.66. The second-order valence-electron chi connectivity index (χ2n) is 6.20. The molecule has 2 N–H and O–H groups in total. The molecule has 1 amide bonds. The van der Waals surface area contributed by atoms with Crippen molar-refractivity contribution in [1.82, 2.24) is 15.2 Å². The predicted molar refractivity (Wildman–Crippen MR) is 85.8 cm³/mol. The van der Waals surface area contributed by atoms with E-state index in [0.29, 0.717) is 17.4 Å². The van der Waals surface area contributed by atoms with E-state index < -0.39 is 0 Å². The Morgan fingerprint density at radius 2 is 2.24 bits per heavy atom. The molecule has 0 saturated carbocycles. The minimum Gasteiger partial charge on any atom is -0.373 e. The van der Waals surface area contributed by atoms with Gasteiger partial charge < -0.3 is 15.5 Å². The number of hydrogen-bond donors (Lipinski definition) is 2. The molecule has 5 heteroatoms. The average molecular weight is 290 g/mol. The zero-order valence-electron chi connectivity index (χ0n) is 13.4. The van der Waals surface area contributed by atoms with Crippen LogP contribution in [0.15, 0.2) is 12.1 Å². The summed E-state index contributed by atoms with van der Waals surface area (Å²) in [7, 11) is 3.95. The zero-order valence-corrected chi connectivity index (χ0v) is 13.4. The van der Waals surface area contributed by atoms with E-state index in [9.17, 15) is 4.79 Å². The maximum atomic E-state index is 12.3. The molecule has 1 aliphatic rings. The summed E-state index contributed by atoms with van der Waals surface area (Å²) in [6.07, 6.45) is 1.16. The lowest BCUT2D eigenvalue weighted by atomic mass is 10.1. The molecular formula is C16H26N4O. The predicted octanol–water partition coefficient (Wildman–Crippen LogP) is 1.93. The Kier molecular flexibility index (Phi) is 5.17. The van der Waals surface area contributed by atoms with Crippen molar-refractivity contribution in [1.29, 1.82) is 0 Å². The molecule has 2 rings (SSSR count). The van der Waals surface area contributed by atoms with Gasteiger partial charge in [0.05, 0.1) is 0 Å². The Hall–Kier alpha value is -1.62. The number of likely N-dealkylation sites (tertiary alicyclic amines) is 1. The molecule has 2 heterocycles. The molecule has 1 aromatic heterocycles. The van der Waals surface area contributed by atoms with Crippen molar-refractivity contribution in [3.63, 3.8) is 0 Å². The van der Waals surface area contributed by atoms with E-state index >= 15 is 0 Å². The Bertz CT molecular complexity index is 501. The topological polar surface area (TPSA) is 57.3 Å². The van der Waals surface area contributed by atoms with Crippen LogP contribution in [0, 0.1) is 5.92 Å². The molecule has 0 spiro atoms. The van der Waals surface area contributed by atoms with Gasteiger partial charge in [0.2, 0.25) is 0 Å². The summed E-state index contributed by atoms with van der Waals surface area (Å²) in [5.41, 5.74) is 1.62. The largest absolute Gasteiger partial charge is 0.373 e. The van der Waals surface area contributed by atoms with Gasteiger partial charge in [-0.3, -0.25) is 4.79 Å². The fourth-order valence-electron chi connectivity index (χ4n) is 2.64. The lowest BCUT2D eigenvalue weighted by molar-refractivity contribution is 0.0947. The van der Waals surface area contributed by atoms with E-state index in [-0.39, 0.29) is 5.91 Å². The number of rotatable bonds is 5. The van der Waals surface area contributed by atoms with Gasteiger partial charge in [0, 0.05) is 31.4 Å². The van der Waals surface area contributed by atoms with Crippen LogP contribution in [0.1, 0.15) is 42.2 Å². The summed E-state index contributed by atoms with van der Waals surface area (Å²) in [5.74, 6) is 1.60. The van der Waals surface area contributed by atoms with Crippen LogP contribution >= 0.6 is 0 Å². The van der Waals surface area contributed by atoms with Gasteiger partial charge in [0.25, 0.3) is 5.91 Å². The first-order chi connectivity index (χ1) is 9.99. The quantitative estimate of drug-likeness (QED) is 0.870. The van der Waals surface area contributed by atoms with E-state index in [1.165, 1.54) is 0 Å². The monoisotopic (exact) mass is 290 g/mol. The summed E-state index contributed by atoms with van der Waals surface area (Å²) in [5, 5.41) is 6.08. The van der Waals surface area contributed by atoms with Gasteiger partial charge in [0.15, 0.2) is 0 Å². The maximum Gasteiger partial charge on any atom is 0.251 e. The van der Waals surface area contributed by atoms with E-state index in [1.54, 1.807) is 0 Å². The van der Waals surface area contributed by atoms with Crippen LogP contribution in [0.5, 0.6) is 0 Å². The van der Waals surface area contributed by atoms with Crippen molar-refractivity contribution in [3.8, 4) is 0 Å². The molecule has 5 nitrogen and oxygen atoms in total. The third kappa shape index (κ3) is 4.17. The SMILES string of the molecule is CNc1cc(C(=O)NCC2CCN(C)C2)cc(C(C)C)n1. The second-order valence-corrected chi connectivity index (χ2v) is 6.20. The van der Waals surface area contributed by atoms with Crippen molar-refractivity contribution in [3.05, 3.63) is 23.4 Å². The van der Waals surface area contributed by atoms with E-state index in [2.05, 4.69) is 41.4 Å². The lowest BCUT2D eigenvalue weighted by Gasteiger charge is -2.13. The average Bonchev–Trinajstić information content (AvgIpc) is 2.89. The molecule has 1 aromatic rings. The van der Waals surface area contributed by atoms with Crippen LogP contribution in [-0.2, 0) is 0 Å². The van der Waals surface area contributed by atoms with Crippen LogP contribution in [0.3, 0.4) is 0 Å². The van der Waals surface area contributed by atoms with Gasteiger partial charge >= 0.3 is 0 Å². The molecule has 1 saturated heterocycles. The highest BCUT2D eigenvalue weighted by molar-refractivity contribution is 5.95. The first kappa shape index (κ1) is 15.8. The number of carbonyl (C=O) groups excluding carboxylic acids is 1. The van der Waals surface area contributed by atoms with Crippen molar-refractivity contribution in [2.24, 2.45) is 5.92 Å². The second kappa shape index (κ2) is 6.89. The normalized spacial score (nSPS) is 19.0. The number of hydrogen-bond acceptors (Lipinski definition) is 4. The highest BCUT2D eigenvalue weighted by Gasteiger charge is 2.20. The minimum atomic E-state index is -0.00893. The van der Waals surface area contributed by atoms with Gasteiger partial charge in [-0.05, 0) is 44.0 Å². The summed E-state index contributed by atoms with van der Waals surface area (Å²) in [6.45, 7) is 7.10. The maximum absolute atomic E-state index is 12.3.